The van der Waals surface area contributed by atoms with Gasteiger partial charge in [0.05, 0.1) is 13.5 Å². The van der Waals surface area contributed by atoms with E-state index in [9.17, 15) is 14.4 Å². The number of ether oxygens (including phenoxy) is 1. The highest BCUT2D eigenvalue weighted by atomic mass is 16.5. The van der Waals surface area contributed by atoms with Crippen LogP contribution in [0.4, 0.5) is 5.69 Å². The molecule has 0 saturated carbocycles. The van der Waals surface area contributed by atoms with Crippen LogP contribution in [0.15, 0.2) is 42.5 Å². The number of nitrogens with one attached hydrogen (secondary N) is 2. The Balaban J connectivity index is 1.44. The number of Topliss-reactive ketones (excluding diaryl/α,β-unsaturated/α-hetero) is 1. The van der Waals surface area contributed by atoms with E-state index in [1.54, 1.807) is 25.3 Å². The third kappa shape index (κ3) is 4.73. The van der Waals surface area contributed by atoms with E-state index >= 15 is 0 Å². The number of methoxy groups -OCH3 is 1. The molecular formula is C21H22N2O4. The standard InChI is InChI=1S/C21H22N2O4/c1-27-19-5-3-2-4-14(19)10-11-22-20(25)9-8-18(24)15-6-7-17-16(12-15)13-21(26)23-17/h2-7,12H,8-11,13H2,1H3,(H,22,25)(H,23,26). The van der Waals surface area contributed by atoms with Crippen LogP contribution in [0.2, 0.25) is 0 Å². The summed E-state index contributed by atoms with van der Waals surface area (Å²) in [4.78, 5) is 35.7. The van der Waals surface area contributed by atoms with Crippen molar-refractivity contribution in [3.05, 3.63) is 59.2 Å². The molecule has 0 spiro atoms. The van der Waals surface area contributed by atoms with E-state index in [1.165, 1.54) is 0 Å². The van der Waals surface area contributed by atoms with Gasteiger partial charge >= 0.3 is 0 Å². The monoisotopic (exact) mass is 366 g/mol. The summed E-state index contributed by atoms with van der Waals surface area (Å²) in [6, 6.07) is 12.8. The van der Waals surface area contributed by atoms with Crippen LogP contribution >= 0.6 is 0 Å². The average molecular weight is 366 g/mol. The molecule has 0 saturated heterocycles. The number of ketones is 1. The molecule has 1 aliphatic heterocycles. The molecule has 0 radical (unpaired) electrons. The molecule has 3 rings (SSSR count). The fourth-order valence-electron chi connectivity index (χ4n) is 3.11. The van der Waals surface area contributed by atoms with Gasteiger partial charge in [-0.25, -0.2) is 0 Å². The molecule has 2 N–H and O–H groups in total. The van der Waals surface area contributed by atoms with E-state index in [2.05, 4.69) is 10.6 Å². The molecule has 2 aromatic rings. The molecule has 2 aromatic carbocycles. The molecule has 0 unspecified atom stereocenters. The first-order chi connectivity index (χ1) is 13.1. The van der Waals surface area contributed by atoms with Gasteiger partial charge in [-0.2, -0.15) is 0 Å². The van der Waals surface area contributed by atoms with Crippen molar-refractivity contribution in [2.75, 3.05) is 19.0 Å². The minimum absolute atomic E-state index is 0.0657. The Kier molecular flexibility index (Phi) is 5.86. The summed E-state index contributed by atoms with van der Waals surface area (Å²) < 4.78 is 5.29. The van der Waals surface area contributed by atoms with E-state index in [4.69, 9.17) is 4.74 Å². The Morgan fingerprint density at radius 3 is 2.78 bits per heavy atom. The lowest BCUT2D eigenvalue weighted by atomic mass is 10.0. The van der Waals surface area contributed by atoms with Gasteiger partial charge in [0.2, 0.25) is 11.8 Å². The first kappa shape index (κ1) is 18.6. The maximum atomic E-state index is 12.3. The molecule has 0 fully saturated rings. The Labute approximate surface area is 157 Å². The number of anilines is 1. The van der Waals surface area contributed by atoms with Gasteiger partial charge < -0.3 is 15.4 Å². The normalized spacial score (nSPS) is 12.3. The lowest BCUT2D eigenvalue weighted by molar-refractivity contribution is -0.121. The third-order valence-corrected chi connectivity index (χ3v) is 4.54. The maximum Gasteiger partial charge on any atom is 0.228 e. The molecule has 1 aliphatic rings. The van der Waals surface area contributed by atoms with Crippen molar-refractivity contribution in [2.45, 2.75) is 25.7 Å². The van der Waals surface area contributed by atoms with Crippen molar-refractivity contribution in [2.24, 2.45) is 0 Å². The quantitative estimate of drug-likeness (QED) is 0.703. The number of benzene rings is 2. The zero-order valence-corrected chi connectivity index (χ0v) is 15.2. The zero-order chi connectivity index (χ0) is 19.2. The summed E-state index contributed by atoms with van der Waals surface area (Å²) in [5.41, 5.74) is 3.14. The number of carbonyl (C=O) groups excluding carboxylic acids is 3. The van der Waals surface area contributed by atoms with E-state index < -0.39 is 0 Å². The molecule has 6 heteroatoms. The van der Waals surface area contributed by atoms with Gasteiger partial charge in [-0.3, -0.25) is 14.4 Å². The molecule has 6 nitrogen and oxygen atoms in total. The molecule has 140 valence electrons. The fraction of sp³-hybridized carbons (Fsp3) is 0.286. The Morgan fingerprint density at radius 1 is 1.15 bits per heavy atom. The summed E-state index contributed by atoms with van der Waals surface area (Å²) in [5.74, 6) is 0.476. The number of rotatable bonds is 8. The number of hydrogen-bond donors (Lipinski definition) is 2. The average Bonchev–Trinajstić information content (AvgIpc) is 3.05. The Morgan fingerprint density at radius 2 is 1.96 bits per heavy atom. The van der Waals surface area contributed by atoms with E-state index in [1.807, 2.05) is 24.3 Å². The number of carbonyl (C=O) groups is 3. The number of para-hydroxylation sites is 1. The summed E-state index contributed by atoms with van der Waals surface area (Å²) in [6.45, 7) is 0.486. The van der Waals surface area contributed by atoms with E-state index in [0.29, 0.717) is 24.9 Å². The minimum Gasteiger partial charge on any atom is -0.496 e. The first-order valence-corrected chi connectivity index (χ1v) is 8.91. The summed E-state index contributed by atoms with van der Waals surface area (Å²) >= 11 is 0. The van der Waals surface area contributed by atoms with Gasteiger partial charge in [-0.05, 0) is 41.8 Å². The predicted molar refractivity (Wildman–Crippen MR) is 102 cm³/mol. The second kappa shape index (κ2) is 8.49. The van der Waals surface area contributed by atoms with Crippen molar-refractivity contribution in [3.8, 4) is 5.75 Å². The Hall–Kier alpha value is -3.15. The van der Waals surface area contributed by atoms with Crippen molar-refractivity contribution >= 4 is 23.3 Å². The van der Waals surface area contributed by atoms with Gasteiger partial charge in [-0.15, -0.1) is 0 Å². The fourth-order valence-corrected chi connectivity index (χ4v) is 3.11. The number of hydrogen-bond acceptors (Lipinski definition) is 4. The lowest BCUT2D eigenvalue weighted by Gasteiger charge is -2.09. The predicted octanol–water partition coefficient (Wildman–Crippen LogP) is 2.51. The topological polar surface area (TPSA) is 84.5 Å². The Bertz CT molecular complexity index is 876. The molecular weight excluding hydrogens is 344 g/mol. The van der Waals surface area contributed by atoms with Gasteiger partial charge in [-0.1, -0.05) is 18.2 Å². The van der Waals surface area contributed by atoms with Crippen LogP contribution in [0.3, 0.4) is 0 Å². The molecule has 0 aromatic heterocycles. The van der Waals surface area contributed by atoms with Gasteiger partial charge in [0, 0.05) is 30.6 Å². The van der Waals surface area contributed by atoms with Crippen LogP contribution in [0.25, 0.3) is 0 Å². The lowest BCUT2D eigenvalue weighted by Crippen LogP contribution is -2.26. The largest absolute Gasteiger partial charge is 0.496 e. The number of amides is 2. The summed E-state index contributed by atoms with van der Waals surface area (Å²) in [6.07, 6.45) is 1.23. The van der Waals surface area contributed by atoms with Crippen LogP contribution in [-0.2, 0) is 22.4 Å². The first-order valence-electron chi connectivity index (χ1n) is 8.91. The van der Waals surface area contributed by atoms with Gasteiger partial charge in [0.15, 0.2) is 5.78 Å². The van der Waals surface area contributed by atoms with Crippen molar-refractivity contribution in [1.29, 1.82) is 0 Å². The van der Waals surface area contributed by atoms with Crippen molar-refractivity contribution in [1.82, 2.24) is 5.32 Å². The molecule has 0 atom stereocenters. The molecule has 0 bridgehead atoms. The highest BCUT2D eigenvalue weighted by Gasteiger charge is 2.19. The van der Waals surface area contributed by atoms with Gasteiger partial charge in [0.25, 0.3) is 0 Å². The molecule has 27 heavy (non-hydrogen) atoms. The van der Waals surface area contributed by atoms with Crippen LogP contribution in [0.1, 0.15) is 34.3 Å². The van der Waals surface area contributed by atoms with Crippen LogP contribution in [0, 0.1) is 0 Å². The molecule has 2 amide bonds. The van der Waals surface area contributed by atoms with E-state index in [0.717, 1.165) is 22.6 Å². The zero-order valence-electron chi connectivity index (χ0n) is 15.2. The molecule has 1 heterocycles. The third-order valence-electron chi connectivity index (χ3n) is 4.54. The van der Waals surface area contributed by atoms with Crippen molar-refractivity contribution < 1.29 is 19.1 Å². The smallest absolute Gasteiger partial charge is 0.228 e. The van der Waals surface area contributed by atoms with Gasteiger partial charge in [0.1, 0.15) is 5.75 Å². The highest BCUT2D eigenvalue weighted by molar-refractivity contribution is 6.02. The highest BCUT2D eigenvalue weighted by Crippen LogP contribution is 2.24. The van der Waals surface area contributed by atoms with E-state index in [-0.39, 0.29) is 30.4 Å². The minimum atomic E-state index is -0.156. The SMILES string of the molecule is COc1ccccc1CCNC(=O)CCC(=O)c1ccc2c(c1)CC(=O)N2. The summed E-state index contributed by atoms with van der Waals surface area (Å²) in [7, 11) is 1.62. The van der Waals surface area contributed by atoms with Crippen LogP contribution in [-0.4, -0.2) is 31.3 Å². The van der Waals surface area contributed by atoms with Crippen LogP contribution < -0.4 is 15.4 Å². The second-order valence-electron chi connectivity index (χ2n) is 6.43. The van der Waals surface area contributed by atoms with Crippen LogP contribution in [0.5, 0.6) is 5.75 Å². The maximum absolute atomic E-state index is 12.3. The van der Waals surface area contributed by atoms with Crippen molar-refractivity contribution in [3.63, 3.8) is 0 Å². The second-order valence-corrected chi connectivity index (χ2v) is 6.43. The summed E-state index contributed by atoms with van der Waals surface area (Å²) in [5, 5.41) is 5.57. The molecule has 0 aliphatic carbocycles. The number of fused-ring (bicyclic) bond motifs is 1.